The molecule has 29 heavy (non-hydrogen) atoms. The molecule has 0 saturated carbocycles. The van der Waals surface area contributed by atoms with E-state index in [9.17, 15) is 14.3 Å². The number of carboxylic acid groups (broad SMARTS) is 1. The van der Waals surface area contributed by atoms with E-state index in [0.29, 0.717) is 22.4 Å². The van der Waals surface area contributed by atoms with Crippen LogP contribution in [0.1, 0.15) is 15.9 Å². The smallest absolute Gasteiger partial charge is 0.335 e. The van der Waals surface area contributed by atoms with E-state index in [0.717, 1.165) is 0 Å². The molecule has 1 aromatic heterocycles. The number of hydrogen-bond acceptors (Lipinski definition) is 5. The molecule has 6 nitrogen and oxygen atoms in total. The number of aromatic nitrogens is 1. The van der Waals surface area contributed by atoms with Gasteiger partial charge in [-0.2, -0.15) is 0 Å². The number of aliphatic imine (C=N–C) groups is 1. The molecule has 0 saturated heterocycles. The Balaban J connectivity index is 1.67. The molecule has 0 unspecified atom stereocenters. The molecule has 0 aliphatic heterocycles. The maximum atomic E-state index is 13.2. The number of carboxylic acids is 1. The quantitative estimate of drug-likeness (QED) is 0.436. The van der Waals surface area contributed by atoms with Crippen molar-refractivity contribution in [2.45, 2.75) is 0 Å². The molecular weight excluding hydrogens is 399 g/mol. The number of phenols is 1. The van der Waals surface area contributed by atoms with Gasteiger partial charge in [0, 0.05) is 11.8 Å². The third-order valence-electron chi connectivity index (χ3n) is 4.16. The minimum Gasteiger partial charge on any atom is -0.507 e. The van der Waals surface area contributed by atoms with Gasteiger partial charge in [0.1, 0.15) is 17.1 Å². The number of fused-ring (bicyclic) bond motifs is 1. The summed E-state index contributed by atoms with van der Waals surface area (Å²) < 4.78 is 18.9. The molecule has 144 valence electrons. The highest BCUT2D eigenvalue weighted by atomic mass is 35.5. The van der Waals surface area contributed by atoms with Gasteiger partial charge < -0.3 is 14.6 Å². The van der Waals surface area contributed by atoms with Crippen LogP contribution in [0.25, 0.3) is 22.6 Å². The van der Waals surface area contributed by atoms with Gasteiger partial charge in [-0.25, -0.2) is 14.2 Å². The van der Waals surface area contributed by atoms with Crippen LogP contribution in [0.3, 0.4) is 0 Å². The van der Waals surface area contributed by atoms with Crippen LogP contribution in [0.4, 0.5) is 10.1 Å². The lowest BCUT2D eigenvalue weighted by molar-refractivity contribution is 0.0697. The lowest BCUT2D eigenvalue weighted by Crippen LogP contribution is -1.97. The van der Waals surface area contributed by atoms with E-state index in [-0.39, 0.29) is 27.8 Å². The molecule has 0 bridgehead atoms. The standard InChI is InChI=1S/C21H12ClFN2O4/c22-16-8-13(23)2-4-15(16)20-25-17-9-14(3-6-19(17)29-20)24-10-12-7-11(21(27)28)1-5-18(12)26/h1-10,26H,(H,27,28). The Labute approximate surface area is 168 Å². The van der Waals surface area contributed by atoms with Crippen LogP contribution in [0.2, 0.25) is 5.02 Å². The van der Waals surface area contributed by atoms with E-state index >= 15 is 0 Å². The molecule has 2 N–H and O–H groups in total. The number of rotatable bonds is 4. The fourth-order valence-corrected chi connectivity index (χ4v) is 2.96. The zero-order valence-corrected chi connectivity index (χ0v) is 15.4. The summed E-state index contributed by atoms with van der Waals surface area (Å²) in [4.78, 5) is 19.7. The highest BCUT2D eigenvalue weighted by molar-refractivity contribution is 6.33. The third-order valence-corrected chi connectivity index (χ3v) is 4.47. The molecule has 3 aromatic carbocycles. The summed E-state index contributed by atoms with van der Waals surface area (Å²) in [7, 11) is 0. The number of benzene rings is 3. The van der Waals surface area contributed by atoms with Gasteiger partial charge in [-0.1, -0.05) is 11.6 Å². The second-order valence-corrected chi connectivity index (χ2v) is 6.54. The third kappa shape index (κ3) is 3.81. The van der Waals surface area contributed by atoms with E-state index in [1.54, 1.807) is 18.2 Å². The summed E-state index contributed by atoms with van der Waals surface area (Å²) >= 11 is 6.06. The van der Waals surface area contributed by atoms with Crippen molar-refractivity contribution in [3.63, 3.8) is 0 Å². The summed E-state index contributed by atoms with van der Waals surface area (Å²) in [6, 6.07) is 12.9. The molecule has 0 atom stereocenters. The predicted octanol–water partition coefficient (Wildman–Crippen LogP) is 5.44. The Morgan fingerprint density at radius 2 is 1.97 bits per heavy atom. The van der Waals surface area contributed by atoms with Gasteiger partial charge in [-0.3, -0.25) is 4.99 Å². The van der Waals surface area contributed by atoms with Crippen molar-refractivity contribution in [1.82, 2.24) is 4.98 Å². The van der Waals surface area contributed by atoms with E-state index in [4.69, 9.17) is 21.1 Å². The van der Waals surface area contributed by atoms with Crippen LogP contribution in [-0.2, 0) is 0 Å². The number of oxazole rings is 1. The zero-order chi connectivity index (χ0) is 20.5. The molecule has 0 fully saturated rings. The topological polar surface area (TPSA) is 95.9 Å². The Kier molecular flexibility index (Phi) is 4.74. The van der Waals surface area contributed by atoms with Gasteiger partial charge >= 0.3 is 5.97 Å². The van der Waals surface area contributed by atoms with Crippen LogP contribution in [-0.4, -0.2) is 27.4 Å². The normalized spacial score (nSPS) is 11.4. The zero-order valence-electron chi connectivity index (χ0n) is 14.6. The van der Waals surface area contributed by atoms with Crippen LogP contribution < -0.4 is 0 Å². The lowest BCUT2D eigenvalue weighted by Gasteiger charge is -2.00. The van der Waals surface area contributed by atoms with Crippen molar-refractivity contribution in [3.05, 3.63) is 76.6 Å². The summed E-state index contributed by atoms with van der Waals surface area (Å²) in [6.07, 6.45) is 1.36. The monoisotopic (exact) mass is 410 g/mol. The number of aromatic carboxylic acids is 1. The molecule has 0 aliphatic rings. The fourth-order valence-electron chi connectivity index (χ4n) is 2.71. The molecule has 8 heteroatoms. The van der Waals surface area contributed by atoms with Crippen molar-refractivity contribution >= 4 is 40.6 Å². The maximum absolute atomic E-state index is 13.2. The first-order valence-electron chi connectivity index (χ1n) is 8.37. The van der Waals surface area contributed by atoms with E-state index in [2.05, 4.69) is 9.98 Å². The Bertz CT molecular complexity index is 1280. The average Bonchev–Trinajstić information content (AvgIpc) is 3.10. The van der Waals surface area contributed by atoms with Crippen LogP contribution in [0.15, 0.2) is 64.0 Å². The molecular formula is C21H12ClFN2O4. The Morgan fingerprint density at radius 3 is 2.72 bits per heavy atom. The van der Waals surface area contributed by atoms with Gasteiger partial charge in [0.15, 0.2) is 5.58 Å². The first kappa shape index (κ1) is 18.6. The van der Waals surface area contributed by atoms with Gasteiger partial charge in [0.25, 0.3) is 0 Å². The minimum atomic E-state index is -1.10. The van der Waals surface area contributed by atoms with Crippen molar-refractivity contribution in [2.75, 3.05) is 0 Å². The number of phenolic OH excluding ortho intramolecular Hbond substituents is 1. The molecule has 0 spiro atoms. The molecule has 4 rings (SSSR count). The molecule has 4 aromatic rings. The molecule has 0 radical (unpaired) electrons. The number of hydrogen-bond donors (Lipinski definition) is 2. The summed E-state index contributed by atoms with van der Waals surface area (Å²) in [5.74, 6) is -1.40. The first-order chi connectivity index (χ1) is 13.9. The predicted molar refractivity (Wildman–Crippen MR) is 107 cm³/mol. The van der Waals surface area contributed by atoms with Crippen molar-refractivity contribution in [2.24, 2.45) is 4.99 Å². The number of carbonyl (C=O) groups is 1. The second-order valence-electron chi connectivity index (χ2n) is 6.13. The van der Waals surface area contributed by atoms with E-state index in [1.165, 1.54) is 42.6 Å². The van der Waals surface area contributed by atoms with Crippen molar-refractivity contribution < 1.29 is 23.8 Å². The summed E-state index contributed by atoms with van der Waals surface area (Å²) in [5, 5.41) is 19.1. The lowest BCUT2D eigenvalue weighted by atomic mass is 10.1. The van der Waals surface area contributed by atoms with Gasteiger partial charge in [-0.05, 0) is 54.6 Å². The highest BCUT2D eigenvalue weighted by Crippen LogP contribution is 2.31. The molecule has 0 aliphatic carbocycles. The highest BCUT2D eigenvalue weighted by Gasteiger charge is 2.13. The van der Waals surface area contributed by atoms with Crippen molar-refractivity contribution in [1.29, 1.82) is 0 Å². The Morgan fingerprint density at radius 1 is 1.14 bits per heavy atom. The fraction of sp³-hybridized carbons (Fsp3) is 0. The molecule has 0 amide bonds. The van der Waals surface area contributed by atoms with Gasteiger partial charge in [-0.15, -0.1) is 0 Å². The Hall–Kier alpha value is -3.71. The largest absolute Gasteiger partial charge is 0.507 e. The second kappa shape index (κ2) is 7.37. The first-order valence-corrected chi connectivity index (χ1v) is 8.75. The summed E-state index contributed by atoms with van der Waals surface area (Å²) in [5.41, 5.74) is 2.29. The number of halogens is 2. The van der Waals surface area contributed by atoms with Crippen molar-refractivity contribution in [3.8, 4) is 17.2 Å². The van der Waals surface area contributed by atoms with Gasteiger partial charge in [0.2, 0.25) is 5.89 Å². The van der Waals surface area contributed by atoms with E-state index in [1.807, 2.05) is 0 Å². The summed E-state index contributed by atoms with van der Waals surface area (Å²) in [6.45, 7) is 0. The number of nitrogens with zero attached hydrogens (tertiary/aromatic N) is 2. The minimum absolute atomic E-state index is 0.0389. The maximum Gasteiger partial charge on any atom is 0.335 e. The van der Waals surface area contributed by atoms with Crippen LogP contribution >= 0.6 is 11.6 Å². The number of aromatic hydroxyl groups is 1. The molecule has 1 heterocycles. The van der Waals surface area contributed by atoms with Crippen LogP contribution in [0.5, 0.6) is 5.75 Å². The van der Waals surface area contributed by atoms with E-state index < -0.39 is 11.8 Å². The van der Waals surface area contributed by atoms with Crippen LogP contribution in [0, 0.1) is 5.82 Å². The van der Waals surface area contributed by atoms with Gasteiger partial charge in [0.05, 0.1) is 21.8 Å². The average molecular weight is 411 g/mol. The SMILES string of the molecule is O=C(O)c1ccc(O)c(C=Nc2ccc3oc(-c4ccc(F)cc4Cl)nc3c2)c1.